The minimum atomic E-state index is -4.93. The number of anilines is 1. The van der Waals surface area contributed by atoms with Crippen molar-refractivity contribution in [2.45, 2.75) is 43.8 Å². The maximum Gasteiger partial charge on any atom is 0.433 e. The summed E-state index contributed by atoms with van der Waals surface area (Å²) in [6, 6.07) is 2.92. The molecular weight excluding hydrogens is 486 g/mol. The lowest BCUT2D eigenvalue weighted by Gasteiger charge is -2.31. The summed E-state index contributed by atoms with van der Waals surface area (Å²) in [5, 5.41) is 2.34. The molecule has 2 aromatic heterocycles. The molecule has 2 aromatic rings. The monoisotopic (exact) mass is 506 g/mol. The highest BCUT2D eigenvalue weighted by atomic mass is 19.4. The van der Waals surface area contributed by atoms with Gasteiger partial charge >= 0.3 is 12.4 Å². The number of aromatic nitrogens is 2. The third-order valence-corrected chi connectivity index (χ3v) is 5.97. The Balaban J connectivity index is 2.07. The summed E-state index contributed by atoms with van der Waals surface area (Å²) < 4.78 is 91.5. The molecule has 3 heterocycles. The second-order valence-corrected chi connectivity index (χ2v) is 8.05. The molecule has 0 saturated carbocycles. The first-order valence-electron chi connectivity index (χ1n) is 10.0. The van der Waals surface area contributed by atoms with Crippen molar-refractivity contribution >= 4 is 17.5 Å². The van der Waals surface area contributed by atoms with Crippen molar-refractivity contribution in [1.29, 1.82) is 0 Å². The van der Waals surface area contributed by atoms with Crippen LogP contribution in [0.2, 0.25) is 0 Å². The average molecular weight is 506 g/mol. The van der Waals surface area contributed by atoms with Gasteiger partial charge in [0.15, 0.2) is 5.60 Å². The van der Waals surface area contributed by atoms with E-state index in [1.165, 1.54) is 13.0 Å². The lowest BCUT2D eigenvalue weighted by Crippen LogP contribution is -2.47. The van der Waals surface area contributed by atoms with Crippen LogP contribution in [0.4, 0.5) is 32.0 Å². The minimum absolute atomic E-state index is 0.00748. The van der Waals surface area contributed by atoms with Crippen LogP contribution in [0.15, 0.2) is 30.6 Å². The summed E-state index contributed by atoms with van der Waals surface area (Å²) in [6.45, 7) is 1.92. The topological polar surface area (TPSA) is 116 Å². The molecule has 1 fully saturated rings. The van der Waals surface area contributed by atoms with E-state index >= 15 is 0 Å². The van der Waals surface area contributed by atoms with Crippen LogP contribution in [-0.2, 0) is 15.7 Å². The molecule has 1 aliphatic rings. The fourth-order valence-electron chi connectivity index (χ4n) is 3.91. The highest BCUT2D eigenvalue weighted by Gasteiger charge is 2.66. The molecule has 0 unspecified atom stereocenters. The van der Waals surface area contributed by atoms with E-state index in [2.05, 4.69) is 15.3 Å². The Labute approximate surface area is 194 Å². The molecule has 4 atom stereocenters. The zero-order valence-corrected chi connectivity index (χ0v) is 18.5. The smallest absolute Gasteiger partial charge is 0.433 e. The first kappa shape index (κ1) is 26.2. The number of carbonyl (C=O) groups is 2. The highest BCUT2D eigenvalue weighted by Crippen LogP contribution is 2.54. The second kappa shape index (κ2) is 8.98. The molecule has 3 N–H and O–H groups in total. The largest absolute Gasteiger partial charge is 0.496 e. The van der Waals surface area contributed by atoms with Crippen molar-refractivity contribution in [2.24, 2.45) is 11.7 Å². The molecule has 0 bridgehead atoms. The van der Waals surface area contributed by atoms with Gasteiger partial charge in [0.05, 0.1) is 7.11 Å². The number of nitrogens with two attached hydrogens (primary N) is 1. The van der Waals surface area contributed by atoms with Gasteiger partial charge in [-0.3, -0.25) is 19.6 Å². The number of hydrogen-bond donors (Lipinski definition) is 2. The molecule has 1 aliphatic heterocycles. The number of hydrogen-bond acceptors (Lipinski definition) is 6. The minimum Gasteiger partial charge on any atom is -0.496 e. The van der Waals surface area contributed by atoms with Crippen LogP contribution >= 0.6 is 0 Å². The summed E-state index contributed by atoms with van der Waals surface area (Å²) in [7, 11) is 1.04. The van der Waals surface area contributed by atoms with Crippen molar-refractivity contribution in [1.82, 2.24) is 9.97 Å². The molecule has 1 saturated heterocycles. The van der Waals surface area contributed by atoms with Crippen LogP contribution in [0, 0.1) is 5.92 Å². The van der Waals surface area contributed by atoms with E-state index < -0.39 is 59.2 Å². The van der Waals surface area contributed by atoms with Crippen LogP contribution in [0.5, 0.6) is 5.75 Å². The van der Waals surface area contributed by atoms with Gasteiger partial charge in [0.1, 0.15) is 23.2 Å². The second-order valence-electron chi connectivity index (χ2n) is 8.05. The number of rotatable bonds is 5. The Bertz CT molecular complexity index is 1140. The van der Waals surface area contributed by atoms with Gasteiger partial charge in [-0.05, 0) is 19.1 Å². The molecule has 0 radical (unpaired) electrons. The van der Waals surface area contributed by atoms with Gasteiger partial charge in [0, 0.05) is 41.5 Å². The zero-order chi connectivity index (χ0) is 26.3. The summed E-state index contributed by atoms with van der Waals surface area (Å²) in [5.41, 5.74) is 0.602. The summed E-state index contributed by atoms with van der Waals surface area (Å²) in [4.78, 5) is 31.4. The maximum atomic E-state index is 14.0. The number of nitrogens with one attached hydrogen (secondary N) is 1. The molecule has 35 heavy (non-hydrogen) atoms. The summed E-state index contributed by atoms with van der Waals surface area (Å²) in [6.07, 6.45) is -9.70. The highest BCUT2D eigenvalue weighted by molar-refractivity contribution is 5.97. The molecule has 190 valence electrons. The van der Waals surface area contributed by atoms with Crippen LogP contribution in [0.25, 0.3) is 0 Å². The SMILES string of the molecule is COc1cc(C(F)(F)F)ncc1[C@H]1[C@@H](C(=O)Nc2ccnc(C(N)=O)c2)O[C@@](C)(C(F)(F)F)[C@H]1C. The van der Waals surface area contributed by atoms with Crippen molar-refractivity contribution in [3.05, 3.63) is 47.5 Å². The molecular formula is C21H20F6N4O4. The van der Waals surface area contributed by atoms with Gasteiger partial charge in [0.25, 0.3) is 11.8 Å². The van der Waals surface area contributed by atoms with E-state index in [0.717, 1.165) is 32.5 Å². The number of ether oxygens (including phenoxy) is 2. The summed E-state index contributed by atoms with van der Waals surface area (Å²) >= 11 is 0. The number of nitrogens with zero attached hydrogens (tertiary/aromatic N) is 2. The molecule has 14 heteroatoms. The van der Waals surface area contributed by atoms with Crippen LogP contribution in [0.3, 0.4) is 0 Å². The van der Waals surface area contributed by atoms with E-state index in [1.54, 1.807) is 0 Å². The van der Waals surface area contributed by atoms with Crippen molar-refractivity contribution in [3.8, 4) is 5.75 Å². The first-order valence-corrected chi connectivity index (χ1v) is 10.0. The van der Waals surface area contributed by atoms with E-state index in [1.807, 2.05) is 0 Å². The number of pyridine rings is 2. The normalized spacial score (nSPS) is 24.8. The quantitative estimate of drug-likeness (QED) is 0.598. The van der Waals surface area contributed by atoms with Gasteiger partial charge < -0.3 is 20.5 Å². The average Bonchev–Trinajstić information content (AvgIpc) is 3.04. The van der Waals surface area contributed by atoms with Crippen molar-refractivity contribution in [2.75, 3.05) is 12.4 Å². The van der Waals surface area contributed by atoms with Gasteiger partial charge in [-0.25, -0.2) is 0 Å². The first-order chi connectivity index (χ1) is 16.1. The lowest BCUT2D eigenvalue weighted by atomic mass is 9.77. The van der Waals surface area contributed by atoms with Gasteiger partial charge in [0.2, 0.25) is 0 Å². The van der Waals surface area contributed by atoms with Crippen LogP contribution in [0.1, 0.15) is 41.5 Å². The number of carbonyl (C=O) groups excluding carboxylic acids is 2. The van der Waals surface area contributed by atoms with Gasteiger partial charge in [-0.2, -0.15) is 26.3 Å². The van der Waals surface area contributed by atoms with E-state index in [0.29, 0.717) is 6.07 Å². The Morgan fingerprint density at radius 3 is 2.37 bits per heavy atom. The predicted molar refractivity (Wildman–Crippen MR) is 108 cm³/mol. The predicted octanol–water partition coefficient (Wildman–Crippen LogP) is 3.68. The fraction of sp³-hybridized carbons (Fsp3) is 0.429. The third-order valence-electron chi connectivity index (χ3n) is 5.97. The van der Waals surface area contributed by atoms with Crippen molar-refractivity contribution < 1.29 is 45.4 Å². The summed E-state index contributed by atoms with van der Waals surface area (Å²) in [5.74, 6) is -5.20. The number of primary amides is 1. The lowest BCUT2D eigenvalue weighted by molar-refractivity contribution is -0.272. The molecule has 0 spiro atoms. The van der Waals surface area contributed by atoms with E-state index in [4.69, 9.17) is 15.2 Å². The fourth-order valence-corrected chi connectivity index (χ4v) is 3.91. The van der Waals surface area contributed by atoms with Gasteiger partial charge in [-0.1, -0.05) is 6.92 Å². The molecule has 8 nitrogen and oxygen atoms in total. The molecule has 2 amide bonds. The standard InChI is InChI=1S/C21H20F6N4O4/c1-9-15(11-8-30-14(20(22,23)24)7-13(11)34-3)16(35-19(9,2)21(25,26)27)18(33)31-10-4-5-29-12(6-10)17(28)32/h4-9,15-16H,1-3H3,(H2,28,32)(H,29,31,33)/t9-,15-,16-,19+/m0/s1. The Hall–Kier alpha value is -3.42. The Kier molecular flexibility index (Phi) is 6.72. The van der Waals surface area contributed by atoms with Crippen LogP contribution < -0.4 is 15.8 Å². The maximum absolute atomic E-state index is 14.0. The number of halogens is 6. The van der Waals surface area contributed by atoms with E-state index in [9.17, 15) is 35.9 Å². The Morgan fingerprint density at radius 2 is 1.83 bits per heavy atom. The number of methoxy groups -OCH3 is 1. The molecule has 0 aromatic carbocycles. The Morgan fingerprint density at radius 1 is 1.17 bits per heavy atom. The zero-order valence-electron chi connectivity index (χ0n) is 18.5. The molecule has 3 rings (SSSR count). The molecule has 0 aliphatic carbocycles. The third kappa shape index (κ3) is 4.88. The number of alkyl halides is 6. The van der Waals surface area contributed by atoms with E-state index in [-0.39, 0.29) is 16.9 Å². The van der Waals surface area contributed by atoms with Crippen LogP contribution in [-0.4, -0.2) is 46.8 Å². The number of amides is 2. The van der Waals surface area contributed by atoms with Crippen molar-refractivity contribution in [3.63, 3.8) is 0 Å². The van der Waals surface area contributed by atoms with Gasteiger partial charge in [-0.15, -0.1) is 0 Å².